The summed E-state index contributed by atoms with van der Waals surface area (Å²) >= 11 is 0. The van der Waals surface area contributed by atoms with Gasteiger partial charge in [-0.05, 0) is 11.1 Å². The minimum absolute atomic E-state index is 0.117. The van der Waals surface area contributed by atoms with Crippen molar-refractivity contribution in [2.24, 2.45) is 0 Å². The summed E-state index contributed by atoms with van der Waals surface area (Å²) in [5.74, 6) is -0.308. The molecule has 0 spiro atoms. The average Bonchev–Trinajstić information content (AvgIpc) is 2.59. The van der Waals surface area contributed by atoms with E-state index in [4.69, 9.17) is 14.2 Å². The van der Waals surface area contributed by atoms with Gasteiger partial charge in [-0.25, -0.2) is 0 Å². The van der Waals surface area contributed by atoms with Crippen LogP contribution in [-0.2, 0) is 25.6 Å². The van der Waals surface area contributed by atoms with Crippen molar-refractivity contribution in [3.63, 3.8) is 0 Å². The Morgan fingerprint density at radius 1 is 1.00 bits per heavy atom. The lowest BCUT2D eigenvalue weighted by molar-refractivity contribution is -0.148. The molecule has 1 atom stereocenters. The molecule has 1 unspecified atom stereocenters. The van der Waals surface area contributed by atoms with Crippen molar-refractivity contribution >= 4 is 5.97 Å². The molecule has 0 saturated heterocycles. The molecule has 4 nitrogen and oxygen atoms in total. The highest BCUT2D eigenvalue weighted by molar-refractivity contribution is 5.70. The monoisotopic (exact) mass is 300 g/mol. The second-order valence-corrected chi connectivity index (χ2v) is 4.80. The Bertz CT molecular complexity index is 554. The Balaban J connectivity index is 1.85. The Morgan fingerprint density at radius 3 is 2.27 bits per heavy atom. The lowest BCUT2D eigenvalue weighted by Gasteiger charge is -2.17. The fraction of sp³-hybridized carbons (Fsp3) is 0.278. The van der Waals surface area contributed by atoms with Crippen molar-refractivity contribution in [1.29, 1.82) is 0 Å². The predicted molar refractivity (Wildman–Crippen MR) is 83.0 cm³/mol. The van der Waals surface area contributed by atoms with E-state index in [1.165, 1.54) is 7.11 Å². The van der Waals surface area contributed by atoms with Crippen molar-refractivity contribution in [2.75, 3.05) is 13.9 Å². The van der Waals surface area contributed by atoms with Crippen LogP contribution in [0.3, 0.4) is 0 Å². The van der Waals surface area contributed by atoms with Crippen molar-refractivity contribution < 1.29 is 19.0 Å². The summed E-state index contributed by atoms with van der Waals surface area (Å²) in [6, 6.07) is 19.4. The Kier molecular flexibility index (Phi) is 6.61. The summed E-state index contributed by atoms with van der Waals surface area (Å²) < 4.78 is 15.9. The van der Waals surface area contributed by atoms with E-state index in [0.29, 0.717) is 6.61 Å². The van der Waals surface area contributed by atoms with Crippen LogP contribution in [0.15, 0.2) is 60.7 Å². The molecule has 0 N–H and O–H groups in total. The van der Waals surface area contributed by atoms with Gasteiger partial charge >= 0.3 is 5.97 Å². The van der Waals surface area contributed by atoms with Crippen LogP contribution in [0, 0.1) is 0 Å². The Labute approximate surface area is 130 Å². The SMILES string of the molecule is COC(=O)CC(OCOCc1ccccc1)c1ccccc1. The minimum atomic E-state index is -0.371. The number of benzene rings is 2. The normalized spacial score (nSPS) is 11.9. The largest absolute Gasteiger partial charge is 0.469 e. The fourth-order valence-electron chi connectivity index (χ4n) is 2.04. The van der Waals surface area contributed by atoms with Crippen LogP contribution < -0.4 is 0 Å². The molecule has 116 valence electrons. The van der Waals surface area contributed by atoms with Crippen LogP contribution in [0.5, 0.6) is 0 Å². The third kappa shape index (κ3) is 5.31. The van der Waals surface area contributed by atoms with Gasteiger partial charge in [-0.2, -0.15) is 0 Å². The molecule has 0 bridgehead atoms. The standard InChI is InChI=1S/C18H20O4/c1-20-18(19)12-17(16-10-6-3-7-11-16)22-14-21-13-15-8-4-2-5-9-15/h2-11,17H,12-14H2,1H3. The molecule has 2 aromatic carbocycles. The molecule has 0 fully saturated rings. The number of methoxy groups -OCH3 is 1. The van der Waals surface area contributed by atoms with E-state index in [1.54, 1.807) is 0 Å². The zero-order valence-electron chi connectivity index (χ0n) is 12.6. The molecule has 0 aliphatic rings. The highest BCUT2D eigenvalue weighted by atomic mass is 16.7. The van der Waals surface area contributed by atoms with Gasteiger partial charge in [0.15, 0.2) is 0 Å². The van der Waals surface area contributed by atoms with Crippen molar-refractivity contribution in [2.45, 2.75) is 19.1 Å². The van der Waals surface area contributed by atoms with E-state index in [2.05, 4.69) is 0 Å². The van der Waals surface area contributed by atoms with Gasteiger partial charge < -0.3 is 14.2 Å². The van der Waals surface area contributed by atoms with E-state index >= 15 is 0 Å². The number of rotatable bonds is 8. The van der Waals surface area contributed by atoms with Crippen molar-refractivity contribution in [1.82, 2.24) is 0 Å². The summed E-state index contributed by atoms with van der Waals surface area (Å²) in [5.41, 5.74) is 2.01. The predicted octanol–water partition coefficient (Wildman–Crippen LogP) is 3.48. The first-order chi connectivity index (χ1) is 10.8. The van der Waals surface area contributed by atoms with Gasteiger partial charge in [0, 0.05) is 0 Å². The van der Waals surface area contributed by atoms with E-state index in [0.717, 1.165) is 11.1 Å². The van der Waals surface area contributed by atoms with Crippen LogP contribution in [0.1, 0.15) is 23.7 Å². The molecule has 0 heterocycles. The number of carbonyl (C=O) groups excluding carboxylic acids is 1. The van der Waals surface area contributed by atoms with Crippen molar-refractivity contribution in [3.8, 4) is 0 Å². The molecule has 0 saturated carbocycles. The van der Waals surface area contributed by atoms with E-state index in [-0.39, 0.29) is 25.3 Å². The summed E-state index contributed by atoms with van der Waals surface area (Å²) in [7, 11) is 1.37. The van der Waals surface area contributed by atoms with Gasteiger partial charge in [0.25, 0.3) is 0 Å². The minimum Gasteiger partial charge on any atom is -0.469 e. The first-order valence-electron chi connectivity index (χ1n) is 7.14. The highest BCUT2D eigenvalue weighted by Crippen LogP contribution is 2.21. The van der Waals surface area contributed by atoms with Crippen LogP contribution in [-0.4, -0.2) is 19.9 Å². The highest BCUT2D eigenvalue weighted by Gasteiger charge is 2.17. The van der Waals surface area contributed by atoms with Crippen LogP contribution in [0.2, 0.25) is 0 Å². The van der Waals surface area contributed by atoms with Crippen molar-refractivity contribution in [3.05, 3.63) is 71.8 Å². The summed E-state index contributed by atoms with van der Waals surface area (Å²) in [5, 5.41) is 0. The van der Waals surface area contributed by atoms with Gasteiger partial charge in [0.2, 0.25) is 0 Å². The fourth-order valence-corrected chi connectivity index (χ4v) is 2.04. The number of ether oxygens (including phenoxy) is 3. The maximum atomic E-state index is 11.5. The quantitative estimate of drug-likeness (QED) is 0.425. The number of carbonyl (C=O) groups is 1. The van der Waals surface area contributed by atoms with Crippen LogP contribution >= 0.6 is 0 Å². The van der Waals surface area contributed by atoms with E-state index < -0.39 is 0 Å². The first kappa shape index (κ1) is 16.2. The smallest absolute Gasteiger partial charge is 0.308 e. The van der Waals surface area contributed by atoms with Crippen LogP contribution in [0.25, 0.3) is 0 Å². The van der Waals surface area contributed by atoms with Gasteiger partial charge in [-0.1, -0.05) is 60.7 Å². The molecule has 2 rings (SSSR count). The average molecular weight is 300 g/mol. The molecular weight excluding hydrogens is 280 g/mol. The molecule has 0 radical (unpaired) electrons. The third-order valence-electron chi connectivity index (χ3n) is 3.22. The number of hydrogen-bond donors (Lipinski definition) is 0. The summed E-state index contributed by atoms with van der Waals surface area (Å²) in [6.45, 7) is 0.589. The zero-order chi connectivity index (χ0) is 15.6. The lowest BCUT2D eigenvalue weighted by atomic mass is 10.1. The molecule has 0 amide bonds. The van der Waals surface area contributed by atoms with Gasteiger partial charge in [-0.15, -0.1) is 0 Å². The molecule has 0 aliphatic heterocycles. The molecular formula is C18H20O4. The van der Waals surface area contributed by atoms with Crippen LogP contribution in [0.4, 0.5) is 0 Å². The van der Waals surface area contributed by atoms with E-state index in [9.17, 15) is 4.79 Å². The van der Waals surface area contributed by atoms with Gasteiger partial charge in [0.05, 0.1) is 26.2 Å². The second kappa shape index (κ2) is 8.97. The zero-order valence-corrected chi connectivity index (χ0v) is 12.6. The third-order valence-corrected chi connectivity index (χ3v) is 3.22. The first-order valence-corrected chi connectivity index (χ1v) is 7.14. The molecule has 2 aromatic rings. The summed E-state index contributed by atoms with van der Waals surface area (Å²) in [6.07, 6.45) is -0.209. The number of hydrogen-bond acceptors (Lipinski definition) is 4. The van der Waals surface area contributed by atoms with Gasteiger partial charge in [0.1, 0.15) is 6.79 Å². The molecule has 0 aromatic heterocycles. The van der Waals surface area contributed by atoms with E-state index in [1.807, 2.05) is 60.7 Å². The summed E-state index contributed by atoms with van der Waals surface area (Å²) in [4.78, 5) is 11.5. The lowest BCUT2D eigenvalue weighted by Crippen LogP contribution is -2.13. The van der Waals surface area contributed by atoms with Gasteiger partial charge in [-0.3, -0.25) is 4.79 Å². The molecule has 4 heteroatoms. The topological polar surface area (TPSA) is 44.8 Å². The maximum Gasteiger partial charge on any atom is 0.308 e. The molecule has 22 heavy (non-hydrogen) atoms. The number of esters is 1. The Hall–Kier alpha value is -2.17. The molecule has 0 aliphatic carbocycles. The second-order valence-electron chi connectivity index (χ2n) is 4.80. The Morgan fingerprint density at radius 2 is 1.64 bits per heavy atom. The maximum absolute atomic E-state index is 11.5.